The number of amides is 1. The molecular formula is C14H16N2O3. The third-order valence-corrected chi connectivity index (χ3v) is 2.76. The van der Waals surface area contributed by atoms with E-state index < -0.39 is 4.92 Å². The van der Waals surface area contributed by atoms with Crippen molar-refractivity contribution in [1.29, 1.82) is 0 Å². The van der Waals surface area contributed by atoms with Crippen LogP contribution in [-0.2, 0) is 4.79 Å². The van der Waals surface area contributed by atoms with Crippen molar-refractivity contribution in [3.8, 4) is 12.3 Å². The van der Waals surface area contributed by atoms with E-state index in [0.717, 1.165) is 12.8 Å². The van der Waals surface area contributed by atoms with Crippen molar-refractivity contribution >= 4 is 17.3 Å². The summed E-state index contributed by atoms with van der Waals surface area (Å²) in [5.74, 6) is 2.45. The molecule has 0 radical (unpaired) electrons. The summed E-state index contributed by atoms with van der Waals surface area (Å²) in [4.78, 5) is 23.5. The standard InChI is InChI=1S/C14H16N2O3/c1-3-4-5-6-10-14(17)15(2)12-8-7-9-13(11-12)16(18)19/h1,7-9,11H,4-6,10H2,2H3. The molecule has 0 atom stereocenters. The van der Waals surface area contributed by atoms with E-state index in [2.05, 4.69) is 5.92 Å². The predicted molar refractivity (Wildman–Crippen MR) is 73.8 cm³/mol. The van der Waals surface area contributed by atoms with Crippen LogP contribution in [0.25, 0.3) is 0 Å². The number of carbonyl (C=O) groups is 1. The third-order valence-electron chi connectivity index (χ3n) is 2.76. The molecule has 1 aromatic carbocycles. The van der Waals surface area contributed by atoms with Crippen molar-refractivity contribution in [2.24, 2.45) is 0 Å². The lowest BCUT2D eigenvalue weighted by Gasteiger charge is -2.16. The van der Waals surface area contributed by atoms with Crippen molar-refractivity contribution in [2.75, 3.05) is 11.9 Å². The van der Waals surface area contributed by atoms with Crippen LogP contribution in [0.2, 0.25) is 0 Å². The van der Waals surface area contributed by atoms with Crippen molar-refractivity contribution in [1.82, 2.24) is 0 Å². The van der Waals surface area contributed by atoms with Crippen molar-refractivity contribution in [2.45, 2.75) is 25.7 Å². The number of hydrogen-bond acceptors (Lipinski definition) is 3. The van der Waals surface area contributed by atoms with Gasteiger partial charge in [-0.1, -0.05) is 6.07 Å². The summed E-state index contributed by atoms with van der Waals surface area (Å²) in [7, 11) is 1.61. The molecule has 1 amide bonds. The zero-order valence-corrected chi connectivity index (χ0v) is 10.8. The average molecular weight is 260 g/mol. The lowest BCUT2D eigenvalue weighted by molar-refractivity contribution is -0.384. The minimum Gasteiger partial charge on any atom is -0.315 e. The SMILES string of the molecule is C#CCCCCC(=O)N(C)c1cccc([N+](=O)[O-])c1. The van der Waals surface area contributed by atoms with Gasteiger partial charge in [-0.3, -0.25) is 14.9 Å². The second kappa shape index (κ2) is 7.17. The van der Waals surface area contributed by atoms with Gasteiger partial charge in [-0.05, 0) is 18.9 Å². The zero-order valence-electron chi connectivity index (χ0n) is 10.8. The molecule has 0 aliphatic heterocycles. The molecule has 19 heavy (non-hydrogen) atoms. The van der Waals surface area contributed by atoms with Gasteiger partial charge in [-0.15, -0.1) is 12.3 Å². The van der Waals surface area contributed by atoms with Gasteiger partial charge in [0.1, 0.15) is 0 Å². The Labute approximate surface area is 112 Å². The van der Waals surface area contributed by atoms with E-state index in [-0.39, 0.29) is 11.6 Å². The highest BCUT2D eigenvalue weighted by molar-refractivity contribution is 5.93. The maximum atomic E-state index is 11.9. The Morgan fingerprint density at radius 1 is 1.47 bits per heavy atom. The van der Waals surface area contributed by atoms with E-state index in [1.807, 2.05) is 0 Å². The van der Waals surface area contributed by atoms with Gasteiger partial charge in [-0.25, -0.2) is 0 Å². The first-order valence-corrected chi connectivity index (χ1v) is 6.00. The van der Waals surface area contributed by atoms with Crippen LogP contribution in [-0.4, -0.2) is 17.9 Å². The normalized spacial score (nSPS) is 9.68. The molecule has 0 saturated heterocycles. The summed E-state index contributed by atoms with van der Waals surface area (Å²) in [5, 5.41) is 10.7. The van der Waals surface area contributed by atoms with Crippen LogP contribution in [0.1, 0.15) is 25.7 Å². The number of non-ortho nitro benzene ring substituents is 1. The number of carbonyl (C=O) groups excluding carboxylic acids is 1. The molecule has 0 aliphatic carbocycles. The number of anilines is 1. The molecule has 0 aliphatic rings. The van der Waals surface area contributed by atoms with E-state index in [0.29, 0.717) is 18.5 Å². The molecule has 0 aromatic heterocycles. The molecule has 1 rings (SSSR count). The summed E-state index contributed by atoms with van der Waals surface area (Å²) >= 11 is 0. The van der Waals surface area contributed by atoms with E-state index in [9.17, 15) is 14.9 Å². The molecule has 0 fully saturated rings. The fourth-order valence-corrected chi connectivity index (χ4v) is 1.63. The van der Waals surface area contributed by atoms with Crippen molar-refractivity contribution in [3.63, 3.8) is 0 Å². The quantitative estimate of drug-likeness (QED) is 0.342. The first-order chi connectivity index (χ1) is 9.06. The molecule has 100 valence electrons. The molecule has 0 N–H and O–H groups in total. The van der Waals surface area contributed by atoms with Crippen LogP contribution in [0.3, 0.4) is 0 Å². The first-order valence-electron chi connectivity index (χ1n) is 6.00. The highest BCUT2D eigenvalue weighted by atomic mass is 16.6. The number of unbranched alkanes of at least 4 members (excludes halogenated alkanes) is 2. The lowest BCUT2D eigenvalue weighted by Crippen LogP contribution is -2.25. The molecular weight excluding hydrogens is 244 g/mol. The number of benzene rings is 1. The minimum absolute atomic E-state index is 0.0236. The molecule has 0 spiro atoms. The van der Waals surface area contributed by atoms with Gasteiger partial charge in [0.05, 0.1) is 10.6 Å². The van der Waals surface area contributed by atoms with Crippen LogP contribution < -0.4 is 4.90 Å². The second-order valence-electron chi connectivity index (χ2n) is 4.14. The Kier molecular flexibility index (Phi) is 5.55. The number of rotatable bonds is 6. The average Bonchev–Trinajstić information content (AvgIpc) is 2.42. The summed E-state index contributed by atoms with van der Waals surface area (Å²) < 4.78 is 0. The van der Waals surface area contributed by atoms with Gasteiger partial charge < -0.3 is 4.90 Å². The number of nitrogens with zero attached hydrogens (tertiary/aromatic N) is 2. The molecule has 1 aromatic rings. The fourth-order valence-electron chi connectivity index (χ4n) is 1.63. The topological polar surface area (TPSA) is 63.5 Å². The number of nitro groups is 1. The van der Waals surface area contributed by atoms with Crippen LogP contribution >= 0.6 is 0 Å². The molecule has 0 unspecified atom stereocenters. The molecule has 0 saturated carbocycles. The van der Waals surface area contributed by atoms with Gasteiger partial charge in [0, 0.05) is 32.0 Å². The maximum absolute atomic E-state index is 11.9. The molecule has 0 heterocycles. The first kappa shape index (κ1) is 14.7. The predicted octanol–water partition coefficient (Wildman–Crippen LogP) is 2.75. The van der Waals surface area contributed by atoms with Gasteiger partial charge in [0.15, 0.2) is 0 Å². The van der Waals surface area contributed by atoms with Gasteiger partial charge in [0.25, 0.3) is 5.69 Å². The van der Waals surface area contributed by atoms with E-state index in [1.165, 1.54) is 17.0 Å². The Hall–Kier alpha value is -2.35. The third kappa shape index (κ3) is 4.43. The Bertz CT molecular complexity index is 506. The summed E-state index contributed by atoms with van der Waals surface area (Å²) in [6.45, 7) is 0. The summed E-state index contributed by atoms with van der Waals surface area (Å²) in [6.07, 6.45) is 7.72. The van der Waals surface area contributed by atoms with Crippen LogP contribution in [0, 0.1) is 22.5 Å². The summed E-state index contributed by atoms with van der Waals surface area (Å²) in [5.41, 5.74) is 0.501. The zero-order chi connectivity index (χ0) is 14.3. The van der Waals surface area contributed by atoms with Crippen LogP contribution in [0.15, 0.2) is 24.3 Å². The van der Waals surface area contributed by atoms with Gasteiger partial charge in [-0.2, -0.15) is 0 Å². The monoisotopic (exact) mass is 260 g/mol. The Morgan fingerprint density at radius 2 is 2.21 bits per heavy atom. The van der Waals surface area contributed by atoms with Crippen LogP contribution in [0.5, 0.6) is 0 Å². The second-order valence-corrected chi connectivity index (χ2v) is 4.14. The van der Waals surface area contributed by atoms with Gasteiger partial charge >= 0.3 is 0 Å². The molecule has 5 nitrogen and oxygen atoms in total. The highest BCUT2D eigenvalue weighted by Crippen LogP contribution is 2.20. The lowest BCUT2D eigenvalue weighted by atomic mass is 10.1. The summed E-state index contributed by atoms with van der Waals surface area (Å²) in [6, 6.07) is 6.02. The van der Waals surface area contributed by atoms with E-state index in [4.69, 9.17) is 6.42 Å². The molecule has 0 bridgehead atoms. The number of nitro benzene ring substituents is 1. The Morgan fingerprint density at radius 3 is 2.84 bits per heavy atom. The maximum Gasteiger partial charge on any atom is 0.271 e. The van der Waals surface area contributed by atoms with E-state index >= 15 is 0 Å². The highest BCUT2D eigenvalue weighted by Gasteiger charge is 2.13. The fraction of sp³-hybridized carbons (Fsp3) is 0.357. The van der Waals surface area contributed by atoms with E-state index in [1.54, 1.807) is 19.2 Å². The number of hydrogen-bond donors (Lipinski definition) is 0. The minimum atomic E-state index is -0.477. The number of terminal acetylenes is 1. The van der Waals surface area contributed by atoms with Crippen LogP contribution in [0.4, 0.5) is 11.4 Å². The smallest absolute Gasteiger partial charge is 0.271 e. The molecule has 5 heteroatoms. The van der Waals surface area contributed by atoms with Crippen molar-refractivity contribution < 1.29 is 9.72 Å². The largest absolute Gasteiger partial charge is 0.315 e. The Balaban J connectivity index is 2.64. The van der Waals surface area contributed by atoms with Gasteiger partial charge in [0.2, 0.25) is 5.91 Å². The van der Waals surface area contributed by atoms with Crippen molar-refractivity contribution in [3.05, 3.63) is 34.4 Å².